The van der Waals surface area contributed by atoms with Gasteiger partial charge in [-0.15, -0.1) is 0 Å². The van der Waals surface area contributed by atoms with Crippen LogP contribution >= 0.6 is 0 Å². The van der Waals surface area contributed by atoms with Gasteiger partial charge < -0.3 is 10.1 Å². The Kier molecular flexibility index (Phi) is 4.30. The molecule has 18 heavy (non-hydrogen) atoms. The zero-order valence-corrected chi connectivity index (χ0v) is 11.8. The third kappa shape index (κ3) is 2.87. The lowest BCUT2D eigenvalue weighted by molar-refractivity contribution is 0.0768. The van der Waals surface area contributed by atoms with Gasteiger partial charge in [-0.2, -0.15) is 0 Å². The van der Waals surface area contributed by atoms with Crippen molar-refractivity contribution in [3.8, 4) is 0 Å². The molecule has 4 heteroatoms. The van der Waals surface area contributed by atoms with Crippen LogP contribution < -0.4 is 5.32 Å². The Morgan fingerprint density at radius 1 is 1.28 bits per heavy atom. The molecule has 0 radical (unpaired) electrons. The molecule has 1 N–H and O–H groups in total. The highest BCUT2D eigenvalue weighted by atomic mass is 16.5. The van der Waals surface area contributed by atoms with E-state index in [1.54, 1.807) is 7.11 Å². The van der Waals surface area contributed by atoms with Crippen molar-refractivity contribution < 1.29 is 4.74 Å². The minimum Gasteiger partial charge on any atom is -0.373 e. The Morgan fingerprint density at radius 2 is 1.89 bits per heavy atom. The summed E-state index contributed by atoms with van der Waals surface area (Å²) >= 11 is 0. The van der Waals surface area contributed by atoms with Crippen molar-refractivity contribution in [3.05, 3.63) is 22.8 Å². The van der Waals surface area contributed by atoms with E-state index in [9.17, 15) is 0 Å². The normalized spacial score (nSPS) is 16.9. The Hall–Kier alpha value is -1.00. The molecule has 2 rings (SSSR count). The number of aromatic nitrogens is 2. The van der Waals surface area contributed by atoms with Crippen LogP contribution in [0, 0.1) is 19.8 Å². The van der Waals surface area contributed by atoms with Gasteiger partial charge in [0.25, 0.3) is 0 Å². The summed E-state index contributed by atoms with van der Waals surface area (Å²) in [7, 11) is 1.75. The molecule has 4 nitrogen and oxygen atoms in total. The number of aryl methyl sites for hydroxylation is 2. The molecule has 1 unspecified atom stereocenters. The molecule has 1 aliphatic carbocycles. The zero-order valence-electron chi connectivity index (χ0n) is 11.8. The highest BCUT2D eigenvalue weighted by Gasteiger charge is 2.34. The Morgan fingerprint density at radius 3 is 2.33 bits per heavy atom. The lowest BCUT2D eigenvalue weighted by atomic mass is 10.1. The van der Waals surface area contributed by atoms with Crippen LogP contribution in [0.5, 0.6) is 0 Å². The molecule has 0 aliphatic heterocycles. The van der Waals surface area contributed by atoms with Gasteiger partial charge in [-0.05, 0) is 39.2 Å². The summed E-state index contributed by atoms with van der Waals surface area (Å²) in [5.41, 5.74) is 3.36. The van der Waals surface area contributed by atoms with E-state index in [1.807, 2.05) is 0 Å². The van der Waals surface area contributed by atoms with E-state index in [0.29, 0.717) is 5.92 Å². The van der Waals surface area contributed by atoms with Crippen LogP contribution in [0.2, 0.25) is 0 Å². The zero-order chi connectivity index (χ0) is 13.1. The number of rotatable bonds is 6. The topological polar surface area (TPSA) is 47.0 Å². The number of nitrogens with zero attached hydrogens (tertiary/aromatic N) is 2. The highest BCUT2D eigenvalue weighted by molar-refractivity contribution is 5.25. The van der Waals surface area contributed by atoms with Crippen molar-refractivity contribution in [1.82, 2.24) is 15.3 Å². The fraction of sp³-hybridized carbons (Fsp3) is 0.714. The molecule has 1 aromatic heterocycles. The van der Waals surface area contributed by atoms with Gasteiger partial charge >= 0.3 is 0 Å². The van der Waals surface area contributed by atoms with E-state index in [2.05, 4.69) is 36.1 Å². The van der Waals surface area contributed by atoms with Gasteiger partial charge in [0.1, 0.15) is 6.10 Å². The molecule has 1 aliphatic rings. The molecular weight excluding hydrogens is 226 g/mol. The van der Waals surface area contributed by atoms with Crippen LogP contribution in [0.3, 0.4) is 0 Å². The molecule has 0 amide bonds. The van der Waals surface area contributed by atoms with E-state index in [1.165, 1.54) is 18.4 Å². The molecule has 0 aromatic carbocycles. The van der Waals surface area contributed by atoms with Crippen LogP contribution in [0.25, 0.3) is 0 Å². The van der Waals surface area contributed by atoms with Crippen LogP contribution in [-0.4, -0.2) is 23.6 Å². The third-order valence-corrected chi connectivity index (χ3v) is 3.55. The summed E-state index contributed by atoms with van der Waals surface area (Å²) in [6.07, 6.45) is 2.55. The molecule has 1 aromatic rings. The second-order valence-corrected chi connectivity index (χ2v) is 5.01. The summed E-state index contributed by atoms with van der Waals surface area (Å²) in [6.45, 7) is 8.03. The summed E-state index contributed by atoms with van der Waals surface area (Å²) in [5, 5.41) is 3.33. The van der Waals surface area contributed by atoms with Crippen LogP contribution in [0.1, 0.15) is 48.6 Å². The first-order chi connectivity index (χ1) is 8.67. The minimum absolute atomic E-state index is 0.0792. The maximum atomic E-state index is 5.55. The largest absolute Gasteiger partial charge is 0.373 e. The fourth-order valence-corrected chi connectivity index (χ4v) is 2.31. The number of hydrogen-bond acceptors (Lipinski definition) is 4. The maximum absolute atomic E-state index is 5.55. The van der Waals surface area contributed by atoms with Gasteiger partial charge in [0.05, 0.1) is 0 Å². The standard InChI is InChI=1S/C14H23N3O/c1-5-15-8-12-9(2)16-14(17-10(12)3)13(18-4)11-6-7-11/h11,13,15H,5-8H2,1-4H3. The smallest absolute Gasteiger partial charge is 0.157 e. The number of nitrogens with one attached hydrogen (secondary N) is 1. The summed E-state index contributed by atoms with van der Waals surface area (Å²) < 4.78 is 5.55. The Labute approximate surface area is 109 Å². The molecule has 1 fully saturated rings. The van der Waals surface area contributed by atoms with Crippen molar-refractivity contribution in [3.63, 3.8) is 0 Å². The molecule has 0 spiro atoms. The van der Waals surface area contributed by atoms with E-state index in [4.69, 9.17) is 4.74 Å². The van der Waals surface area contributed by atoms with E-state index in [-0.39, 0.29) is 6.10 Å². The highest BCUT2D eigenvalue weighted by Crippen LogP contribution is 2.41. The molecule has 100 valence electrons. The lowest BCUT2D eigenvalue weighted by Crippen LogP contribution is -2.18. The van der Waals surface area contributed by atoms with E-state index in [0.717, 1.165) is 30.3 Å². The number of ether oxygens (including phenoxy) is 1. The SMILES string of the molecule is CCNCc1c(C)nc(C(OC)C2CC2)nc1C. The van der Waals surface area contributed by atoms with Gasteiger partial charge in [0.15, 0.2) is 5.82 Å². The van der Waals surface area contributed by atoms with Crippen molar-refractivity contribution in [2.75, 3.05) is 13.7 Å². The predicted octanol–water partition coefficient (Wildman–Crippen LogP) is 2.30. The molecule has 1 atom stereocenters. The second-order valence-electron chi connectivity index (χ2n) is 5.01. The quantitative estimate of drug-likeness (QED) is 0.840. The minimum atomic E-state index is 0.0792. The number of hydrogen-bond donors (Lipinski definition) is 1. The fourth-order valence-electron chi connectivity index (χ4n) is 2.31. The van der Waals surface area contributed by atoms with Crippen molar-refractivity contribution >= 4 is 0 Å². The third-order valence-electron chi connectivity index (χ3n) is 3.55. The van der Waals surface area contributed by atoms with E-state index < -0.39 is 0 Å². The van der Waals surface area contributed by atoms with Gasteiger partial charge in [0, 0.05) is 30.6 Å². The van der Waals surface area contributed by atoms with Crippen LogP contribution in [-0.2, 0) is 11.3 Å². The summed E-state index contributed by atoms with van der Waals surface area (Å²) in [5.74, 6) is 1.48. The van der Waals surface area contributed by atoms with Gasteiger partial charge in [-0.3, -0.25) is 0 Å². The average molecular weight is 249 g/mol. The van der Waals surface area contributed by atoms with Crippen molar-refractivity contribution in [2.24, 2.45) is 5.92 Å². The summed E-state index contributed by atoms with van der Waals surface area (Å²) in [6, 6.07) is 0. The lowest BCUT2D eigenvalue weighted by Gasteiger charge is -2.16. The average Bonchev–Trinajstić information content (AvgIpc) is 3.13. The monoisotopic (exact) mass is 249 g/mol. The van der Waals surface area contributed by atoms with Gasteiger partial charge in [-0.25, -0.2) is 9.97 Å². The maximum Gasteiger partial charge on any atom is 0.157 e. The molecule has 1 saturated carbocycles. The van der Waals surface area contributed by atoms with E-state index >= 15 is 0 Å². The van der Waals surface area contributed by atoms with Crippen LogP contribution in [0.15, 0.2) is 0 Å². The summed E-state index contributed by atoms with van der Waals surface area (Å²) in [4.78, 5) is 9.29. The molecule has 0 bridgehead atoms. The Bertz CT molecular complexity index is 392. The first-order valence-corrected chi connectivity index (χ1v) is 6.74. The predicted molar refractivity (Wildman–Crippen MR) is 71.4 cm³/mol. The van der Waals surface area contributed by atoms with Crippen molar-refractivity contribution in [1.29, 1.82) is 0 Å². The van der Waals surface area contributed by atoms with Crippen molar-refractivity contribution in [2.45, 2.75) is 46.3 Å². The number of methoxy groups -OCH3 is 1. The Balaban J connectivity index is 2.23. The molecule has 1 heterocycles. The first kappa shape index (κ1) is 13.4. The molecular formula is C14H23N3O. The van der Waals surface area contributed by atoms with Crippen LogP contribution in [0.4, 0.5) is 0 Å². The van der Waals surface area contributed by atoms with Gasteiger partial charge in [0.2, 0.25) is 0 Å². The first-order valence-electron chi connectivity index (χ1n) is 6.74. The second kappa shape index (κ2) is 5.76. The van der Waals surface area contributed by atoms with Gasteiger partial charge in [-0.1, -0.05) is 6.92 Å². The molecule has 0 saturated heterocycles.